The van der Waals surface area contributed by atoms with Crippen LogP contribution in [0.5, 0.6) is 0 Å². The standard InChI is InChI=1S/C59H109NO5/c1-3-5-7-9-11-13-15-17-19-21-23-24-25-27-29-31-35-39-43-47-51-57(62)56(55-61)60-58(63)52-48-44-40-36-33-34-38-42-46-50-54-65-59(64)53-49-45-41-37-32-30-28-26-22-20-18-16-14-12-10-8-6-4-2/h14,16,20,22,34,38,47,51,56-57,61-62H,3-13,15,17-19,21,23-33,35-37,39-46,48-50,52-55H2,1-2H3,(H,60,63)/b16-14-,22-20-,38-34-,51-47+. The molecule has 1 amide bonds. The normalized spacial score (nSPS) is 13.0. The Labute approximate surface area is 404 Å². The topological polar surface area (TPSA) is 95.9 Å². The Morgan fingerprint density at radius 2 is 0.769 bits per heavy atom. The van der Waals surface area contributed by atoms with Crippen molar-refractivity contribution in [2.75, 3.05) is 13.2 Å². The van der Waals surface area contributed by atoms with Gasteiger partial charge in [-0.2, -0.15) is 0 Å². The molecule has 2 atom stereocenters. The summed E-state index contributed by atoms with van der Waals surface area (Å²) in [5.74, 6) is -0.149. The highest BCUT2D eigenvalue weighted by Gasteiger charge is 2.18. The van der Waals surface area contributed by atoms with Gasteiger partial charge in [0, 0.05) is 12.8 Å². The minimum Gasteiger partial charge on any atom is -0.466 e. The van der Waals surface area contributed by atoms with Gasteiger partial charge in [0.2, 0.25) is 5.91 Å². The molecule has 0 spiro atoms. The molecular weight excluding hydrogens is 803 g/mol. The predicted molar refractivity (Wildman–Crippen MR) is 282 cm³/mol. The lowest BCUT2D eigenvalue weighted by atomic mass is 10.0. The molecule has 0 bridgehead atoms. The average Bonchev–Trinajstić information content (AvgIpc) is 3.31. The van der Waals surface area contributed by atoms with Crippen LogP contribution >= 0.6 is 0 Å². The number of unbranched alkanes of at least 4 members (excludes halogenated alkanes) is 35. The van der Waals surface area contributed by atoms with Crippen molar-refractivity contribution in [1.29, 1.82) is 0 Å². The summed E-state index contributed by atoms with van der Waals surface area (Å²) in [5.41, 5.74) is 0. The number of nitrogens with one attached hydrogen (secondary N) is 1. The third-order valence-corrected chi connectivity index (χ3v) is 12.8. The van der Waals surface area contributed by atoms with Crippen molar-refractivity contribution in [1.82, 2.24) is 5.32 Å². The second-order valence-electron chi connectivity index (χ2n) is 19.3. The van der Waals surface area contributed by atoms with Gasteiger partial charge in [0.15, 0.2) is 0 Å². The first-order valence-corrected chi connectivity index (χ1v) is 28.4. The molecule has 3 N–H and O–H groups in total. The van der Waals surface area contributed by atoms with Crippen LogP contribution in [-0.2, 0) is 14.3 Å². The lowest BCUT2D eigenvalue weighted by molar-refractivity contribution is -0.143. The van der Waals surface area contributed by atoms with Crippen LogP contribution in [-0.4, -0.2) is 47.4 Å². The van der Waals surface area contributed by atoms with Crippen molar-refractivity contribution in [3.63, 3.8) is 0 Å². The van der Waals surface area contributed by atoms with Gasteiger partial charge in [-0.1, -0.05) is 236 Å². The summed E-state index contributed by atoms with van der Waals surface area (Å²) < 4.78 is 5.44. The quantitative estimate of drug-likeness (QED) is 0.0321. The largest absolute Gasteiger partial charge is 0.466 e. The number of aliphatic hydroxyl groups is 2. The predicted octanol–water partition coefficient (Wildman–Crippen LogP) is 17.4. The molecule has 0 radical (unpaired) electrons. The molecule has 0 rings (SSSR count). The molecule has 0 aliphatic heterocycles. The summed E-state index contributed by atoms with van der Waals surface area (Å²) in [6.07, 6.45) is 68.4. The molecule has 65 heavy (non-hydrogen) atoms. The molecule has 0 saturated heterocycles. The SMILES string of the molecule is CCCCCC/C=C\C/C=C\CCCCCCCCCC(=O)OCCCC/C=C\CCCCCCC(=O)NC(CO)C(O)/C=C/CCCCCCCCCCCCCCCCCCCC. The van der Waals surface area contributed by atoms with E-state index in [4.69, 9.17) is 4.74 Å². The zero-order chi connectivity index (χ0) is 47.2. The fourth-order valence-electron chi connectivity index (χ4n) is 8.42. The number of hydrogen-bond acceptors (Lipinski definition) is 5. The summed E-state index contributed by atoms with van der Waals surface area (Å²) in [5, 5.41) is 23.1. The first-order valence-electron chi connectivity index (χ1n) is 28.4. The number of carbonyl (C=O) groups is 2. The molecule has 0 aromatic carbocycles. The van der Waals surface area contributed by atoms with Crippen molar-refractivity contribution in [3.05, 3.63) is 48.6 Å². The van der Waals surface area contributed by atoms with Gasteiger partial charge in [0.05, 0.1) is 25.4 Å². The van der Waals surface area contributed by atoms with Crippen molar-refractivity contribution in [2.24, 2.45) is 0 Å². The van der Waals surface area contributed by atoms with Gasteiger partial charge in [-0.3, -0.25) is 9.59 Å². The minimum atomic E-state index is -0.868. The number of amides is 1. The molecular formula is C59H109NO5. The highest BCUT2D eigenvalue weighted by Crippen LogP contribution is 2.16. The smallest absolute Gasteiger partial charge is 0.305 e. The maximum absolute atomic E-state index is 12.5. The summed E-state index contributed by atoms with van der Waals surface area (Å²) in [4.78, 5) is 24.5. The van der Waals surface area contributed by atoms with E-state index < -0.39 is 12.1 Å². The van der Waals surface area contributed by atoms with Crippen LogP contribution in [0, 0.1) is 0 Å². The molecule has 0 fully saturated rings. The van der Waals surface area contributed by atoms with E-state index in [0.29, 0.717) is 19.4 Å². The fourth-order valence-corrected chi connectivity index (χ4v) is 8.42. The molecule has 380 valence electrons. The maximum atomic E-state index is 12.5. The zero-order valence-electron chi connectivity index (χ0n) is 43.2. The number of allylic oxidation sites excluding steroid dienone is 7. The van der Waals surface area contributed by atoms with E-state index in [9.17, 15) is 19.8 Å². The second kappa shape index (κ2) is 54.4. The Balaban J connectivity index is 3.56. The summed E-state index contributed by atoms with van der Waals surface area (Å²) in [6, 6.07) is -0.656. The lowest BCUT2D eigenvalue weighted by Gasteiger charge is -2.20. The molecule has 2 unspecified atom stereocenters. The van der Waals surface area contributed by atoms with Crippen molar-refractivity contribution in [2.45, 2.75) is 302 Å². The Hall–Kier alpha value is -2.18. The van der Waals surface area contributed by atoms with Gasteiger partial charge < -0.3 is 20.3 Å². The number of carbonyl (C=O) groups excluding carboxylic acids is 2. The monoisotopic (exact) mass is 912 g/mol. The zero-order valence-corrected chi connectivity index (χ0v) is 43.2. The Kier molecular flexibility index (Phi) is 52.6. The van der Waals surface area contributed by atoms with Crippen LogP contribution in [0.1, 0.15) is 290 Å². The van der Waals surface area contributed by atoms with E-state index in [-0.39, 0.29) is 18.5 Å². The van der Waals surface area contributed by atoms with Gasteiger partial charge >= 0.3 is 5.97 Å². The number of hydrogen-bond donors (Lipinski definition) is 3. The van der Waals surface area contributed by atoms with E-state index in [1.807, 2.05) is 6.08 Å². The summed E-state index contributed by atoms with van der Waals surface area (Å²) in [6.45, 7) is 4.80. The van der Waals surface area contributed by atoms with E-state index in [2.05, 4.69) is 55.6 Å². The molecule has 0 aromatic rings. The number of aliphatic hydroxyl groups excluding tert-OH is 2. The van der Waals surface area contributed by atoms with Crippen molar-refractivity contribution < 1.29 is 24.5 Å². The second-order valence-corrected chi connectivity index (χ2v) is 19.3. The highest BCUT2D eigenvalue weighted by molar-refractivity contribution is 5.76. The van der Waals surface area contributed by atoms with Crippen LogP contribution in [0.2, 0.25) is 0 Å². The molecule has 0 saturated carbocycles. The van der Waals surface area contributed by atoms with Crippen LogP contribution in [0.4, 0.5) is 0 Å². The summed E-state index contributed by atoms with van der Waals surface area (Å²) >= 11 is 0. The molecule has 6 nitrogen and oxygen atoms in total. The first-order chi connectivity index (χ1) is 32.0. The third kappa shape index (κ3) is 51.1. The van der Waals surface area contributed by atoms with Crippen LogP contribution in [0.15, 0.2) is 48.6 Å². The lowest BCUT2D eigenvalue weighted by Crippen LogP contribution is -2.45. The van der Waals surface area contributed by atoms with E-state index >= 15 is 0 Å². The Morgan fingerprint density at radius 1 is 0.431 bits per heavy atom. The van der Waals surface area contributed by atoms with Gasteiger partial charge in [-0.05, 0) is 89.9 Å². The van der Waals surface area contributed by atoms with E-state index in [1.165, 1.54) is 180 Å². The van der Waals surface area contributed by atoms with E-state index in [1.54, 1.807) is 6.08 Å². The molecule has 0 aliphatic rings. The third-order valence-electron chi connectivity index (χ3n) is 12.8. The van der Waals surface area contributed by atoms with Gasteiger partial charge in [-0.25, -0.2) is 0 Å². The molecule has 6 heteroatoms. The van der Waals surface area contributed by atoms with Crippen molar-refractivity contribution >= 4 is 11.9 Å². The molecule has 0 heterocycles. The number of esters is 1. The van der Waals surface area contributed by atoms with Crippen LogP contribution in [0.25, 0.3) is 0 Å². The number of rotatable bonds is 52. The molecule has 0 aromatic heterocycles. The maximum Gasteiger partial charge on any atom is 0.305 e. The molecule has 0 aliphatic carbocycles. The minimum absolute atomic E-state index is 0.0459. The van der Waals surface area contributed by atoms with Crippen LogP contribution in [0.3, 0.4) is 0 Å². The van der Waals surface area contributed by atoms with Gasteiger partial charge in [-0.15, -0.1) is 0 Å². The van der Waals surface area contributed by atoms with Gasteiger partial charge in [0.25, 0.3) is 0 Å². The average molecular weight is 913 g/mol. The van der Waals surface area contributed by atoms with E-state index in [0.717, 1.165) is 83.5 Å². The highest BCUT2D eigenvalue weighted by atomic mass is 16.5. The van der Waals surface area contributed by atoms with Crippen LogP contribution < -0.4 is 5.32 Å². The van der Waals surface area contributed by atoms with Crippen molar-refractivity contribution in [3.8, 4) is 0 Å². The summed E-state index contributed by atoms with van der Waals surface area (Å²) in [7, 11) is 0. The number of ether oxygens (including phenoxy) is 1. The first kappa shape index (κ1) is 62.8. The fraction of sp³-hybridized carbons (Fsp3) is 0.831. The van der Waals surface area contributed by atoms with Gasteiger partial charge in [0.1, 0.15) is 0 Å². The Morgan fingerprint density at radius 3 is 1.20 bits per heavy atom. The Bertz CT molecular complexity index is 1100.